The van der Waals surface area contributed by atoms with Gasteiger partial charge in [0.05, 0.1) is 32.8 Å². The Morgan fingerprint density at radius 1 is 0.902 bits per heavy atom. The van der Waals surface area contributed by atoms with Gasteiger partial charge in [-0.3, -0.25) is 13.9 Å². The van der Waals surface area contributed by atoms with Crippen molar-refractivity contribution in [2.24, 2.45) is 5.92 Å². The Kier molecular flexibility index (Phi) is 11.3. The lowest BCUT2D eigenvalue weighted by Gasteiger charge is -2.32. The van der Waals surface area contributed by atoms with Crippen LogP contribution in [0.4, 0.5) is 5.69 Å². The standard InChI is InChI=1S/C29H32Cl3N3O5S/c1-19(2)16-33-29(37)20(3)34(17-21-10-12-24(30)25(31)14-21)28(36)18-35(22-11-13-27(40-4)26(32)15-22)41(38,39)23-8-6-5-7-9-23/h5-15,19-20H,16-18H2,1-4H3,(H,33,37)/t20-/m0/s1. The maximum absolute atomic E-state index is 14.0. The number of carbonyl (C=O) groups is 2. The number of carbonyl (C=O) groups excluding carboxylic acids is 2. The van der Waals surface area contributed by atoms with Crippen LogP contribution in [0.1, 0.15) is 26.3 Å². The molecule has 41 heavy (non-hydrogen) atoms. The van der Waals surface area contributed by atoms with Crippen molar-refractivity contribution >= 4 is 62.3 Å². The first-order valence-corrected chi connectivity index (χ1v) is 15.3. The molecular weight excluding hydrogens is 609 g/mol. The van der Waals surface area contributed by atoms with Crippen LogP contribution in [0.15, 0.2) is 71.6 Å². The molecule has 3 aromatic carbocycles. The fourth-order valence-electron chi connectivity index (χ4n) is 3.93. The van der Waals surface area contributed by atoms with Crippen LogP contribution >= 0.6 is 34.8 Å². The van der Waals surface area contributed by atoms with E-state index in [0.29, 0.717) is 22.9 Å². The van der Waals surface area contributed by atoms with Gasteiger partial charge in [-0.25, -0.2) is 8.42 Å². The van der Waals surface area contributed by atoms with Gasteiger partial charge in [-0.1, -0.05) is 72.9 Å². The van der Waals surface area contributed by atoms with Crippen molar-refractivity contribution in [3.8, 4) is 5.75 Å². The average Bonchev–Trinajstić information content (AvgIpc) is 2.94. The van der Waals surface area contributed by atoms with E-state index in [-0.39, 0.29) is 39.0 Å². The summed E-state index contributed by atoms with van der Waals surface area (Å²) in [6.45, 7) is 5.28. The number of nitrogens with zero attached hydrogens (tertiary/aromatic N) is 2. The summed E-state index contributed by atoms with van der Waals surface area (Å²) in [5, 5.41) is 3.64. The largest absolute Gasteiger partial charge is 0.495 e. The van der Waals surface area contributed by atoms with E-state index in [1.807, 2.05) is 13.8 Å². The molecule has 12 heteroatoms. The van der Waals surface area contributed by atoms with Gasteiger partial charge in [0.2, 0.25) is 11.8 Å². The van der Waals surface area contributed by atoms with E-state index >= 15 is 0 Å². The number of methoxy groups -OCH3 is 1. The van der Waals surface area contributed by atoms with Crippen molar-refractivity contribution in [2.75, 3.05) is 24.5 Å². The SMILES string of the molecule is COc1ccc(N(CC(=O)N(Cc2ccc(Cl)c(Cl)c2)[C@@H](C)C(=O)NCC(C)C)S(=O)(=O)c2ccccc2)cc1Cl. The highest BCUT2D eigenvalue weighted by Crippen LogP contribution is 2.32. The van der Waals surface area contributed by atoms with Gasteiger partial charge in [-0.15, -0.1) is 0 Å². The van der Waals surface area contributed by atoms with Gasteiger partial charge in [0.1, 0.15) is 18.3 Å². The number of sulfonamides is 1. The third kappa shape index (κ3) is 8.29. The van der Waals surface area contributed by atoms with Crippen molar-refractivity contribution in [2.45, 2.75) is 38.3 Å². The number of amides is 2. The fourth-order valence-corrected chi connectivity index (χ4v) is 5.93. The minimum Gasteiger partial charge on any atom is -0.495 e. The molecule has 0 bridgehead atoms. The topological polar surface area (TPSA) is 96.0 Å². The van der Waals surface area contributed by atoms with Crippen LogP contribution in [0.5, 0.6) is 5.75 Å². The molecule has 0 aliphatic carbocycles. The second-order valence-corrected chi connectivity index (χ2v) is 12.8. The zero-order chi connectivity index (χ0) is 30.3. The van der Waals surface area contributed by atoms with Gasteiger partial charge >= 0.3 is 0 Å². The van der Waals surface area contributed by atoms with Crippen LogP contribution in [0.3, 0.4) is 0 Å². The summed E-state index contributed by atoms with van der Waals surface area (Å²) in [5.41, 5.74) is 0.764. The molecule has 220 valence electrons. The first-order valence-electron chi connectivity index (χ1n) is 12.8. The molecule has 0 saturated heterocycles. The fraction of sp³-hybridized carbons (Fsp3) is 0.310. The highest BCUT2D eigenvalue weighted by molar-refractivity contribution is 7.92. The van der Waals surface area contributed by atoms with Gasteiger partial charge in [-0.05, 0) is 60.9 Å². The van der Waals surface area contributed by atoms with Gasteiger partial charge in [0.25, 0.3) is 10.0 Å². The average molecular weight is 641 g/mol. The van der Waals surface area contributed by atoms with Crippen LogP contribution in [-0.2, 0) is 26.2 Å². The number of hydrogen-bond acceptors (Lipinski definition) is 5. The highest BCUT2D eigenvalue weighted by Gasteiger charge is 2.33. The summed E-state index contributed by atoms with van der Waals surface area (Å²) in [6.07, 6.45) is 0. The molecule has 0 saturated carbocycles. The Morgan fingerprint density at radius 3 is 2.17 bits per heavy atom. The Labute approximate surface area is 256 Å². The summed E-state index contributed by atoms with van der Waals surface area (Å²) < 4.78 is 33.9. The van der Waals surface area contributed by atoms with Gasteiger partial charge < -0.3 is 15.0 Å². The smallest absolute Gasteiger partial charge is 0.264 e. The summed E-state index contributed by atoms with van der Waals surface area (Å²) in [5.74, 6) is -0.459. The van der Waals surface area contributed by atoms with Crippen molar-refractivity contribution in [3.63, 3.8) is 0 Å². The van der Waals surface area contributed by atoms with E-state index in [1.165, 1.54) is 42.3 Å². The van der Waals surface area contributed by atoms with Gasteiger partial charge in [-0.2, -0.15) is 0 Å². The molecule has 1 atom stereocenters. The van der Waals surface area contributed by atoms with Gasteiger partial charge in [0.15, 0.2) is 0 Å². The highest BCUT2D eigenvalue weighted by atomic mass is 35.5. The number of nitrogens with one attached hydrogen (secondary N) is 1. The Hall–Kier alpha value is -2.98. The number of hydrogen-bond donors (Lipinski definition) is 1. The molecule has 0 aliphatic heterocycles. The predicted octanol–water partition coefficient (Wildman–Crippen LogP) is 6.04. The quantitative estimate of drug-likeness (QED) is 0.261. The summed E-state index contributed by atoms with van der Waals surface area (Å²) in [4.78, 5) is 28.4. The lowest BCUT2D eigenvalue weighted by molar-refractivity contribution is -0.139. The Morgan fingerprint density at radius 2 is 1.59 bits per heavy atom. The minimum absolute atomic E-state index is 0.0153. The zero-order valence-corrected chi connectivity index (χ0v) is 26.2. The summed E-state index contributed by atoms with van der Waals surface area (Å²) in [7, 11) is -2.78. The first-order chi connectivity index (χ1) is 19.3. The number of benzene rings is 3. The molecule has 3 aromatic rings. The number of ether oxygens (including phenoxy) is 1. The van der Waals surface area contributed by atoms with Crippen LogP contribution < -0.4 is 14.4 Å². The maximum atomic E-state index is 14.0. The van der Waals surface area contributed by atoms with Crippen molar-refractivity contribution in [1.82, 2.24) is 10.2 Å². The minimum atomic E-state index is -4.22. The second-order valence-electron chi connectivity index (χ2n) is 9.73. The molecule has 0 fully saturated rings. The zero-order valence-electron chi connectivity index (χ0n) is 23.1. The van der Waals surface area contributed by atoms with Crippen LogP contribution in [0.25, 0.3) is 0 Å². The number of halogens is 3. The third-order valence-corrected chi connectivity index (χ3v) is 9.04. The van der Waals surface area contributed by atoms with E-state index in [9.17, 15) is 18.0 Å². The van der Waals surface area contributed by atoms with Crippen molar-refractivity contribution in [1.29, 1.82) is 0 Å². The van der Waals surface area contributed by atoms with E-state index < -0.39 is 28.5 Å². The summed E-state index contributed by atoms with van der Waals surface area (Å²) >= 11 is 18.6. The second kappa shape index (κ2) is 14.3. The van der Waals surface area contributed by atoms with E-state index in [4.69, 9.17) is 39.5 Å². The molecule has 1 N–H and O–H groups in total. The molecule has 0 spiro atoms. The molecule has 0 unspecified atom stereocenters. The molecular formula is C29H32Cl3N3O5S. The Balaban J connectivity index is 2.05. The van der Waals surface area contributed by atoms with E-state index in [1.54, 1.807) is 43.3 Å². The normalized spacial score (nSPS) is 12.1. The molecule has 0 aliphatic rings. The molecule has 2 amide bonds. The molecule has 0 aromatic heterocycles. The van der Waals surface area contributed by atoms with Crippen molar-refractivity contribution < 1.29 is 22.7 Å². The molecule has 3 rings (SSSR count). The molecule has 0 heterocycles. The van der Waals surface area contributed by atoms with Gasteiger partial charge in [0, 0.05) is 13.1 Å². The monoisotopic (exact) mass is 639 g/mol. The maximum Gasteiger partial charge on any atom is 0.264 e. The number of anilines is 1. The lowest BCUT2D eigenvalue weighted by atomic mass is 10.1. The van der Waals surface area contributed by atoms with Crippen LogP contribution in [-0.4, -0.2) is 51.4 Å². The first kappa shape index (κ1) is 32.5. The van der Waals surface area contributed by atoms with Crippen molar-refractivity contribution in [3.05, 3.63) is 87.4 Å². The van der Waals surface area contributed by atoms with Crippen LogP contribution in [0.2, 0.25) is 15.1 Å². The van der Waals surface area contributed by atoms with Crippen LogP contribution in [0, 0.1) is 5.92 Å². The van der Waals surface area contributed by atoms with E-state index in [0.717, 1.165) is 4.31 Å². The Bertz CT molecular complexity index is 1490. The summed E-state index contributed by atoms with van der Waals surface area (Å²) in [6, 6.07) is 16.1. The molecule has 8 nitrogen and oxygen atoms in total. The third-order valence-electron chi connectivity index (χ3n) is 6.22. The lowest BCUT2D eigenvalue weighted by Crippen LogP contribution is -2.51. The molecule has 0 radical (unpaired) electrons. The van der Waals surface area contributed by atoms with E-state index in [2.05, 4.69) is 5.32 Å². The number of rotatable bonds is 12. The predicted molar refractivity (Wildman–Crippen MR) is 163 cm³/mol.